The van der Waals surface area contributed by atoms with Crippen molar-refractivity contribution >= 4 is 0 Å². The van der Waals surface area contributed by atoms with Crippen molar-refractivity contribution in [3.63, 3.8) is 0 Å². The third kappa shape index (κ3) is 3.94. The smallest absolute Gasteiger partial charge is 0.0991 e. The molecule has 2 heteroatoms. The first-order valence-electron chi connectivity index (χ1n) is 6.31. The molecule has 2 rings (SSSR count). The van der Waals surface area contributed by atoms with Crippen LogP contribution in [0.15, 0.2) is 54.6 Å². The fourth-order valence-corrected chi connectivity index (χ4v) is 2.21. The van der Waals surface area contributed by atoms with Crippen LogP contribution in [-0.2, 0) is 13.1 Å². The van der Waals surface area contributed by atoms with Gasteiger partial charge in [-0.25, -0.2) is 0 Å². The highest BCUT2D eigenvalue weighted by Crippen LogP contribution is 2.16. The third-order valence-electron chi connectivity index (χ3n) is 3.05. The number of hydrogen-bond acceptors (Lipinski definition) is 1. The molecular formula is C17H18N2. The molecule has 0 saturated heterocycles. The molecule has 2 aromatic rings. The number of hydrogen-bond donors (Lipinski definition) is 0. The zero-order valence-electron chi connectivity index (χ0n) is 11.2. The lowest BCUT2D eigenvalue weighted by Gasteiger charge is -2.38. The molecule has 1 atom stereocenters. The SMILES string of the molecule is [CH2-][N+](C)(Cc1ccccc1)Cc1ccc(C#N)cc1. The number of benzene rings is 2. The van der Waals surface area contributed by atoms with E-state index in [0.29, 0.717) is 10.0 Å². The van der Waals surface area contributed by atoms with Crippen molar-refractivity contribution in [1.29, 1.82) is 5.26 Å². The summed E-state index contributed by atoms with van der Waals surface area (Å²) >= 11 is 0. The van der Waals surface area contributed by atoms with E-state index < -0.39 is 0 Å². The fourth-order valence-electron chi connectivity index (χ4n) is 2.21. The van der Waals surface area contributed by atoms with Crippen molar-refractivity contribution in [1.82, 2.24) is 0 Å². The van der Waals surface area contributed by atoms with Gasteiger partial charge in [-0.2, -0.15) is 5.26 Å². The third-order valence-corrected chi connectivity index (χ3v) is 3.05. The van der Waals surface area contributed by atoms with Crippen molar-refractivity contribution in [2.24, 2.45) is 0 Å². The summed E-state index contributed by atoms with van der Waals surface area (Å²) < 4.78 is 0.649. The lowest BCUT2D eigenvalue weighted by Crippen LogP contribution is -2.35. The average Bonchev–Trinajstić information content (AvgIpc) is 2.39. The van der Waals surface area contributed by atoms with Crippen molar-refractivity contribution in [3.05, 3.63) is 78.3 Å². The quantitative estimate of drug-likeness (QED) is 0.602. The highest BCUT2D eigenvalue weighted by Gasteiger charge is 2.10. The largest absolute Gasteiger partial charge is 0.452 e. The molecule has 0 spiro atoms. The Kier molecular flexibility index (Phi) is 3.99. The summed E-state index contributed by atoms with van der Waals surface area (Å²) in [5.41, 5.74) is 3.19. The van der Waals surface area contributed by atoms with Gasteiger partial charge in [0.05, 0.1) is 24.7 Å². The summed E-state index contributed by atoms with van der Waals surface area (Å²) in [6.45, 7) is 1.74. The van der Waals surface area contributed by atoms with Crippen LogP contribution in [-0.4, -0.2) is 11.5 Å². The molecule has 0 aliphatic carbocycles. The fraction of sp³-hybridized carbons (Fsp3) is 0.176. The highest BCUT2D eigenvalue weighted by atomic mass is 15.3. The second kappa shape index (κ2) is 5.69. The number of quaternary nitrogens is 1. The minimum atomic E-state index is 0.649. The predicted octanol–water partition coefficient (Wildman–Crippen LogP) is 3.50. The Bertz CT molecular complexity index is 562. The van der Waals surface area contributed by atoms with Gasteiger partial charge in [-0.3, -0.25) is 0 Å². The molecule has 0 aromatic heterocycles. The lowest BCUT2D eigenvalue weighted by atomic mass is 10.1. The van der Waals surface area contributed by atoms with E-state index in [9.17, 15) is 0 Å². The zero-order valence-corrected chi connectivity index (χ0v) is 11.2. The Balaban J connectivity index is 2.06. The summed E-state index contributed by atoms with van der Waals surface area (Å²) in [6.07, 6.45) is 0. The van der Waals surface area contributed by atoms with Gasteiger partial charge < -0.3 is 4.48 Å². The van der Waals surface area contributed by atoms with Gasteiger partial charge in [-0.15, -0.1) is 7.05 Å². The maximum Gasteiger partial charge on any atom is 0.0991 e. The maximum atomic E-state index is 8.79. The van der Waals surface area contributed by atoms with Crippen molar-refractivity contribution < 1.29 is 4.48 Å². The van der Waals surface area contributed by atoms with Crippen LogP contribution < -0.4 is 0 Å². The van der Waals surface area contributed by atoms with Crippen molar-refractivity contribution in [2.75, 3.05) is 7.05 Å². The normalized spacial score (nSPS) is 13.5. The summed E-state index contributed by atoms with van der Waals surface area (Å²) in [4.78, 5) is 0. The van der Waals surface area contributed by atoms with Gasteiger partial charge in [0.2, 0.25) is 0 Å². The number of rotatable bonds is 4. The van der Waals surface area contributed by atoms with Gasteiger partial charge in [0.1, 0.15) is 0 Å². The zero-order chi connectivity index (χ0) is 13.7. The lowest BCUT2D eigenvalue weighted by molar-refractivity contribution is -0.893. The minimum absolute atomic E-state index is 0.649. The molecular weight excluding hydrogens is 232 g/mol. The number of nitriles is 1. The highest BCUT2D eigenvalue weighted by molar-refractivity contribution is 5.31. The van der Waals surface area contributed by atoms with Crippen LogP contribution in [0.2, 0.25) is 0 Å². The molecule has 96 valence electrons. The Morgan fingerprint density at radius 2 is 1.47 bits per heavy atom. The van der Waals surface area contributed by atoms with Crippen LogP contribution >= 0.6 is 0 Å². The van der Waals surface area contributed by atoms with E-state index in [2.05, 4.69) is 44.4 Å². The summed E-state index contributed by atoms with van der Waals surface area (Å²) in [7, 11) is 6.39. The van der Waals surface area contributed by atoms with Crippen LogP contribution in [0.1, 0.15) is 16.7 Å². The second-order valence-electron chi connectivity index (χ2n) is 5.23. The first-order valence-corrected chi connectivity index (χ1v) is 6.31. The molecule has 19 heavy (non-hydrogen) atoms. The summed E-state index contributed by atoms with van der Waals surface area (Å²) in [5, 5.41) is 8.79. The van der Waals surface area contributed by atoms with Crippen molar-refractivity contribution in [2.45, 2.75) is 13.1 Å². The molecule has 0 radical (unpaired) electrons. The molecule has 0 aliphatic heterocycles. The van der Waals surface area contributed by atoms with E-state index in [-0.39, 0.29) is 0 Å². The van der Waals surface area contributed by atoms with Crippen LogP contribution in [0.4, 0.5) is 0 Å². The summed E-state index contributed by atoms with van der Waals surface area (Å²) in [6, 6.07) is 20.2. The standard InChI is InChI=1S/C17H18N2/c1-19(2,13-16-6-4-3-5-7-16)14-17-10-8-15(12-18)9-11-17/h3-11H,1,13-14H2,2H3. The number of nitrogens with zero attached hydrogens (tertiary/aromatic N) is 2. The molecule has 0 fully saturated rings. The topological polar surface area (TPSA) is 23.8 Å². The predicted molar refractivity (Wildman–Crippen MR) is 76.5 cm³/mol. The molecule has 0 heterocycles. The molecule has 1 unspecified atom stereocenters. The molecule has 2 nitrogen and oxygen atoms in total. The molecule has 0 saturated carbocycles. The van der Waals surface area contributed by atoms with E-state index in [1.165, 1.54) is 11.1 Å². The Hall–Kier alpha value is -2.11. The van der Waals surface area contributed by atoms with E-state index in [1.54, 1.807) is 0 Å². The van der Waals surface area contributed by atoms with Crippen molar-refractivity contribution in [3.8, 4) is 6.07 Å². The van der Waals surface area contributed by atoms with E-state index in [0.717, 1.165) is 13.1 Å². The molecule has 0 aliphatic rings. The molecule has 2 aromatic carbocycles. The monoisotopic (exact) mass is 250 g/mol. The second-order valence-corrected chi connectivity index (χ2v) is 5.23. The molecule has 0 bridgehead atoms. The van der Waals surface area contributed by atoms with Gasteiger partial charge in [-0.1, -0.05) is 42.5 Å². The Morgan fingerprint density at radius 3 is 2.00 bits per heavy atom. The van der Waals surface area contributed by atoms with Gasteiger partial charge in [0.15, 0.2) is 0 Å². The van der Waals surface area contributed by atoms with E-state index >= 15 is 0 Å². The van der Waals surface area contributed by atoms with Crippen LogP contribution in [0.25, 0.3) is 0 Å². The first kappa shape index (κ1) is 13.3. The van der Waals surface area contributed by atoms with E-state index in [1.807, 2.05) is 30.3 Å². The first-order chi connectivity index (χ1) is 9.09. The van der Waals surface area contributed by atoms with Gasteiger partial charge >= 0.3 is 0 Å². The van der Waals surface area contributed by atoms with Gasteiger partial charge in [0.25, 0.3) is 0 Å². The van der Waals surface area contributed by atoms with Crippen LogP contribution in [0, 0.1) is 18.4 Å². The van der Waals surface area contributed by atoms with Gasteiger partial charge in [-0.05, 0) is 12.1 Å². The van der Waals surface area contributed by atoms with Crippen LogP contribution in [0.5, 0.6) is 0 Å². The Labute approximate surface area is 115 Å². The maximum absolute atomic E-state index is 8.79. The van der Waals surface area contributed by atoms with Gasteiger partial charge in [0, 0.05) is 18.2 Å². The molecule has 0 N–H and O–H groups in total. The summed E-state index contributed by atoms with van der Waals surface area (Å²) in [5.74, 6) is 0. The van der Waals surface area contributed by atoms with Crippen LogP contribution in [0.3, 0.4) is 0 Å². The average molecular weight is 250 g/mol. The Morgan fingerprint density at radius 1 is 0.947 bits per heavy atom. The molecule has 0 amide bonds. The minimum Gasteiger partial charge on any atom is -0.452 e. The van der Waals surface area contributed by atoms with E-state index in [4.69, 9.17) is 5.26 Å².